The standard InChI is InChI=1S/C13H16N4O/c14-13-16-10-3-1-2-4-11(10)17(13)8-7-12(18)15-9-5-6-9/h1-4,9H,5-8H2,(H2,14,16)(H,15,18). The van der Waals surface area contributed by atoms with E-state index in [0.29, 0.717) is 25.0 Å². The van der Waals surface area contributed by atoms with Crippen LogP contribution in [0.15, 0.2) is 24.3 Å². The highest BCUT2D eigenvalue weighted by molar-refractivity contribution is 5.79. The van der Waals surface area contributed by atoms with Gasteiger partial charge in [-0.05, 0) is 25.0 Å². The Balaban J connectivity index is 1.73. The Morgan fingerprint density at radius 1 is 1.44 bits per heavy atom. The molecule has 0 aliphatic heterocycles. The van der Waals surface area contributed by atoms with Gasteiger partial charge in [-0.1, -0.05) is 12.1 Å². The van der Waals surface area contributed by atoms with E-state index in [9.17, 15) is 4.79 Å². The SMILES string of the molecule is Nc1nc2ccccc2n1CCC(=O)NC1CC1. The van der Waals surface area contributed by atoms with Crippen LogP contribution in [-0.2, 0) is 11.3 Å². The van der Waals surface area contributed by atoms with Gasteiger partial charge >= 0.3 is 0 Å². The van der Waals surface area contributed by atoms with E-state index in [1.165, 1.54) is 0 Å². The van der Waals surface area contributed by atoms with Gasteiger partial charge in [-0.15, -0.1) is 0 Å². The molecule has 1 aliphatic carbocycles. The average Bonchev–Trinajstić information content (AvgIpc) is 3.09. The second-order valence-electron chi connectivity index (χ2n) is 4.70. The third kappa shape index (κ3) is 2.16. The van der Waals surface area contributed by atoms with Crippen LogP contribution in [0.1, 0.15) is 19.3 Å². The molecule has 5 heteroatoms. The molecule has 1 heterocycles. The molecule has 0 atom stereocenters. The first kappa shape index (κ1) is 11.1. The first-order valence-electron chi connectivity index (χ1n) is 6.24. The molecule has 2 aromatic rings. The molecule has 0 unspecified atom stereocenters. The quantitative estimate of drug-likeness (QED) is 0.851. The highest BCUT2D eigenvalue weighted by Gasteiger charge is 2.23. The fourth-order valence-electron chi connectivity index (χ4n) is 2.07. The molecule has 1 aromatic heterocycles. The van der Waals surface area contributed by atoms with Crippen LogP contribution < -0.4 is 11.1 Å². The lowest BCUT2D eigenvalue weighted by Gasteiger charge is -2.06. The predicted octanol–water partition coefficient (Wildman–Crippen LogP) is 1.29. The molecular weight excluding hydrogens is 228 g/mol. The summed E-state index contributed by atoms with van der Waals surface area (Å²) in [6, 6.07) is 8.18. The van der Waals surface area contributed by atoms with Crippen LogP contribution in [0.5, 0.6) is 0 Å². The number of fused-ring (bicyclic) bond motifs is 1. The van der Waals surface area contributed by atoms with Gasteiger partial charge in [-0.2, -0.15) is 0 Å². The smallest absolute Gasteiger partial charge is 0.222 e. The number of imidazole rings is 1. The zero-order valence-corrected chi connectivity index (χ0v) is 10.1. The monoisotopic (exact) mass is 244 g/mol. The number of nitrogens with zero attached hydrogens (tertiary/aromatic N) is 2. The van der Waals surface area contributed by atoms with Crippen LogP contribution in [0.4, 0.5) is 5.95 Å². The number of rotatable bonds is 4. The van der Waals surface area contributed by atoms with Gasteiger partial charge in [0, 0.05) is 19.0 Å². The van der Waals surface area contributed by atoms with Gasteiger partial charge in [0.2, 0.25) is 11.9 Å². The van der Waals surface area contributed by atoms with Crippen LogP contribution in [0.2, 0.25) is 0 Å². The maximum Gasteiger partial charge on any atom is 0.222 e. The average molecular weight is 244 g/mol. The largest absolute Gasteiger partial charge is 0.369 e. The number of benzene rings is 1. The molecule has 0 spiro atoms. The number of carbonyl (C=O) groups excluding carboxylic acids is 1. The molecule has 1 aliphatic rings. The Kier molecular flexibility index (Phi) is 2.66. The fraction of sp³-hybridized carbons (Fsp3) is 0.385. The number of para-hydroxylation sites is 2. The predicted molar refractivity (Wildman–Crippen MR) is 69.9 cm³/mol. The number of hydrogen-bond donors (Lipinski definition) is 2. The van der Waals surface area contributed by atoms with Gasteiger partial charge < -0.3 is 15.6 Å². The van der Waals surface area contributed by atoms with Gasteiger partial charge in [0.15, 0.2) is 0 Å². The fourth-order valence-corrected chi connectivity index (χ4v) is 2.07. The van der Waals surface area contributed by atoms with E-state index in [-0.39, 0.29) is 5.91 Å². The van der Waals surface area contributed by atoms with Crippen LogP contribution >= 0.6 is 0 Å². The van der Waals surface area contributed by atoms with Crippen molar-refractivity contribution >= 4 is 22.9 Å². The highest BCUT2D eigenvalue weighted by atomic mass is 16.1. The van der Waals surface area contributed by atoms with E-state index in [4.69, 9.17) is 5.73 Å². The van der Waals surface area contributed by atoms with E-state index in [0.717, 1.165) is 23.9 Å². The number of nitrogens with two attached hydrogens (primary N) is 1. The number of anilines is 1. The summed E-state index contributed by atoms with van der Waals surface area (Å²) in [5.41, 5.74) is 7.73. The minimum absolute atomic E-state index is 0.0923. The molecule has 5 nitrogen and oxygen atoms in total. The summed E-state index contributed by atoms with van der Waals surface area (Å²) in [6.07, 6.45) is 2.67. The van der Waals surface area contributed by atoms with Crippen molar-refractivity contribution in [2.24, 2.45) is 0 Å². The second-order valence-corrected chi connectivity index (χ2v) is 4.70. The Labute approximate surface area is 105 Å². The third-order valence-corrected chi connectivity index (χ3v) is 3.19. The molecule has 0 bridgehead atoms. The first-order chi connectivity index (χ1) is 8.74. The van der Waals surface area contributed by atoms with Crippen molar-refractivity contribution in [2.45, 2.75) is 31.8 Å². The van der Waals surface area contributed by atoms with Crippen LogP contribution in [0.25, 0.3) is 11.0 Å². The topological polar surface area (TPSA) is 72.9 Å². The number of nitrogen functional groups attached to an aromatic ring is 1. The maximum atomic E-state index is 11.7. The Morgan fingerprint density at radius 3 is 3.00 bits per heavy atom. The normalized spacial score (nSPS) is 14.9. The van der Waals surface area contributed by atoms with Crippen LogP contribution in [0, 0.1) is 0 Å². The van der Waals surface area contributed by atoms with Crippen molar-refractivity contribution in [3.63, 3.8) is 0 Å². The lowest BCUT2D eigenvalue weighted by atomic mass is 10.3. The van der Waals surface area contributed by atoms with Crippen molar-refractivity contribution in [3.8, 4) is 0 Å². The maximum absolute atomic E-state index is 11.7. The summed E-state index contributed by atoms with van der Waals surface area (Å²) < 4.78 is 1.89. The van der Waals surface area contributed by atoms with Crippen molar-refractivity contribution in [2.75, 3.05) is 5.73 Å². The number of aryl methyl sites for hydroxylation is 1. The number of hydrogen-bond acceptors (Lipinski definition) is 3. The van der Waals surface area contributed by atoms with Gasteiger partial charge in [0.1, 0.15) is 0 Å². The first-order valence-corrected chi connectivity index (χ1v) is 6.24. The summed E-state index contributed by atoms with van der Waals surface area (Å²) in [7, 11) is 0. The van der Waals surface area contributed by atoms with Gasteiger partial charge in [0.25, 0.3) is 0 Å². The lowest BCUT2D eigenvalue weighted by molar-refractivity contribution is -0.121. The Morgan fingerprint density at radius 2 is 2.22 bits per heavy atom. The minimum Gasteiger partial charge on any atom is -0.369 e. The van der Waals surface area contributed by atoms with E-state index in [2.05, 4.69) is 10.3 Å². The molecule has 1 saturated carbocycles. The van der Waals surface area contributed by atoms with E-state index in [1.807, 2.05) is 28.8 Å². The van der Waals surface area contributed by atoms with E-state index in [1.54, 1.807) is 0 Å². The third-order valence-electron chi connectivity index (χ3n) is 3.19. The molecule has 0 saturated heterocycles. The molecule has 3 rings (SSSR count). The van der Waals surface area contributed by atoms with Crippen molar-refractivity contribution < 1.29 is 4.79 Å². The number of amides is 1. The molecule has 1 aromatic carbocycles. The van der Waals surface area contributed by atoms with Gasteiger partial charge in [0.05, 0.1) is 11.0 Å². The summed E-state index contributed by atoms with van der Waals surface area (Å²) in [5.74, 6) is 0.560. The summed E-state index contributed by atoms with van der Waals surface area (Å²) in [5, 5.41) is 2.97. The minimum atomic E-state index is 0.0923. The highest BCUT2D eigenvalue weighted by Crippen LogP contribution is 2.20. The number of carbonyl (C=O) groups is 1. The molecule has 1 amide bonds. The molecule has 94 valence electrons. The molecule has 3 N–H and O–H groups in total. The van der Waals surface area contributed by atoms with Gasteiger partial charge in [-0.3, -0.25) is 4.79 Å². The molecular formula is C13H16N4O. The zero-order chi connectivity index (χ0) is 12.5. The Bertz CT molecular complexity index is 586. The summed E-state index contributed by atoms with van der Waals surface area (Å²) in [4.78, 5) is 15.9. The van der Waals surface area contributed by atoms with E-state index < -0.39 is 0 Å². The van der Waals surface area contributed by atoms with Crippen LogP contribution in [0.3, 0.4) is 0 Å². The second kappa shape index (κ2) is 4.33. The van der Waals surface area contributed by atoms with Crippen LogP contribution in [-0.4, -0.2) is 21.5 Å². The zero-order valence-electron chi connectivity index (χ0n) is 10.1. The van der Waals surface area contributed by atoms with Gasteiger partial charge in [-0.25, -0.2) is 4.98 Å². The van der Waals surface area contributed by atoms with Crippen molar-refractivity contribution in [3.05, 3.63) is 24.3 Å². The van der Waals surface area contributed by atoms with Crippen molar-refractivity contribution in [1.82, 2.24) is 14.9 Å². The summed E-state index contributed by atoms with van der Waals surface area (Å²) in [6.45, 7) is 0.574. The lowest BCUT2D eigenvalue weighted by Crippen LogP contribution is -2.26. The summed E-state index contributed by atoms with van der Waals surface area (Å²) >= 11 is 0. The number of nitrogens with one attached hydrogen (secondary N) is 1. The molecule has 0 radical (unpaired) electrons. The molecule has 18 heavy (non-hydrogen) atoms. The Hall–Kier alpha value is -2.04. The van der Waals surface area contributed by atoms with E-state index >= 15 is 0 Å². The number of aromatic nitrogens is 2. The van der Waals surface area contributed by atoms with Crippen molar-refractivity contribution in [1.29, 1.82) is 0 Å². The molecule has 1 fully saturated rings.